The summed E-state index contributed by atoms with van der Waals surface area (Å²) in [5.41, 5.74) is -0.113. The van der Waals surface area contributed by atoms with E-state index in [0.717, 1.165) is 6.26 Å². The minimum absolute atomic E-state index is 0.113. The molecule has 0 aliphatic rings. The quantitative estimate of drug-likeness (QED) is 0.823. The summed E-state index contributed by atoms with van der Waals surface area (Å²) < 4.78 is 27.3. The molecule has 106 valence electrons. The van der Waals surface area contributed by atoms with Crippen LogP contribution in [0.5, 0.6) is 5.75 Å². The Morgan fingerprint density at radius 2 is 1.85 bits per heavy atom. The van der Waals surface area contributed by atoms with Crippen LogP contribution in [0.25, 0.3) is 10.1 Å². The number of benzene rings is 1. The van der Waals surface area contributed by atoms with Crippen molar-refractivity contribution in [2.24, 2.45) is 0 Å². The first-order valence-electron chi connectivity index (χ1n) is 5.12. The Kier molecular flexibility index (Phi) is 3.40. The molecule has 0 radical (unpaired) electrons. The molecule has 0 unspecified atom stereocenters. The number of thiophene rings is 1. The van der Waals surface area contributed by atoms with Crippen molar-refractivity contribution in [2.45, 2.75) is 0 Å². The van der Waals surface area contributed by atoms with Crippen LogP contribution in [0.3, 0.4) is 0 Å². The van der Waals surface area contributed by atoms with Gasteiger partial charge in [0.2, 0.25) is 0 Å². The SMILES string of the molecule is CS(=O)(=O)Oc1c(C(=O)O)sc2c(C(=O)O)cccc12. The molecule has 2 rings (SSSR count). The van der Waals surface area contributed by atoms with Gasteiger partial charge in [0, 0.05) is 5.39 Å². The Hall–Kier alpha value is -2.13. The van der Waals surface area contributed by atoms with Crippen molar-refractivity contribution >= 4 is 43.5 Å². The zero-order valence-corrected chi connectivity index (χ0v) is 11.6. The Morgan fingerprint density at radius 1 is 1.20 bits per heavy atom. The van der Waals surface area contributed by atoms with Gasteiger partial charge in [0.1, 0.15) is 0 Å². The molecule has 0 aliphatic heterocycles. The summed E-state index contributed by atoms with van der Waals surface area (Å²) >= 11 is 0.658. The average molecular weight is 316 g/mol. The van der Waals surface area contributed by atoms with Crippen LogP contribution in [-0.4, -0.2) is 36.8 Å². The van der Waals surface area contributed by atoms with Gasteiger partial charge in [-0.1, -0.05) is 6.07 Å². The van der Waals surface area contributed by atoms with Gasteiger partial charge in [-0.25, -0.2) is 9.59 Å². The highest BCUT2D eigenvalue weighted by atomic mass is 32.2. The lowest BCUT2D eigenvalue weighted by Gasteiger charge is -2.03. The third-order valence-corrected chi connectivity index (χ3v) is 4.01. The summed E-state index contributed by atoms with van der Waals surface area (Å²) in [7, 11) is -3.93. The second kappa shape index (κ2) is 4.76. The van der Waals surface area contributed by atoms with E-state index in [9.17, 15) is 18.0 Å². The molecule has 0 aliphatic carbocycles. The number of fused-ring (bicyclic) bond motifs is 1. The van der Waals surface area contributed by atoms with Crippen LogP contribution in [0.2, 0.25) is 0 Å². The largest absolute Gasteiger partial charge is 0.478 e. The highest BCUT2D eigenvalue weighted by Gasteiger charge is 2.25. The molecular weight excluding hydrogens is 308 g/mol. The second-order valence-corrected chi connectivity index (χ2v) is 6.44. The number of carboxylic acid groups (broad SMARTS) is 2. The average Bonchev–Trinajstić information content (AvgIpc) is 2.65. The second-order valence-electron chi connectivity index (χ2n) is 3.84. The molecule has 0 bridgehead atoms. The predicted molar refractivity (Wildman–Crippen MR) is 71.2 cm³/mol. The van der Waals surface area contributed by atoms with Gasteiger partial charge in [-0.2, -0.15) is 8.42 Å². The maximum absolute atomic E-state index is 11.2. The first kappa shape index (κ1) is 14.3. The van der Waals surface area contributed by atoms with Crippen molar-refractivity contribution < 1.29 is 32.4 Å². The normalized spacial score (nSPS) is 11.4. The van der Waals surface area contributed by atoms with E-state index in [2.05, 4.69) is 0 Å². The van der Waals surface area contributed by atoms with Gasteiger partial charge in [-0.05, 0) is 12.1 Å². The van der Waals surface area contributed by atoms with E-state index in [4.69, 9.17) is 14.4 Å². The lowest BCUT2D eigenvalue weighted by molar-refractivity contribution is 0.0688. The number of hydrogen-bond acceptors (Lipinski definition) is 6. The van der Waals surface area contributed by atoms with Crippen molar-refractivity contribution in [3.05, 3.63) is 28.6 Å². The van der Waals surface area contributed by atoms with Crippen LogP contribution in [-0.2, 0) is 10.1 Å². The van der Waals surface area contributed by atoms with Crippen LogP contribution in [0.1, 0.15) is 20.0 Å². The summed E-state index contributed by atoms with van der Waals surface area (Å²) in [6.07, 6.45) is 0.781. The van der Waals surface area contributed by atoms with Crippen LogP contribution in [0, 0.1) is 0 Å². The molecule has 0 spiro atoms. The van der Waals surface area contributed by atoms with Gasteiger partial charge in [-0.3, -0.25) is 0 Å². The summed E-state index contributed by atoms with van der Waals surface area (Å²) in [6.45, 7) is 0. The van der Waals surface area contributed by atoms with Crippen molar-refractivity contribution in [1.82, 2.24) is 0 Å². The van der Waals surface area contributed by atoms with Gasteiger partial charge in [-0.15, -0.1) is 11.3 Å². The Labute approximate surface area is 117 Å². The molecular formula is C11H8O7S2. The van der Waals surface area contributed by atoms with E-state index in [-0.39, 0.29) is 26.3 Å². The van der Waals surface area contributed by atoms with Gasteiger partial charge < -0.3 is 14.4 Å². The third-order valence-electron chi connectivity index (χ3n) is 2.33. The number of carboxylic acids is 2. The highest BCUT2D eigenvalue weighted by Crippen LogP contribution is 2.40. The van der Waals surface area contributed by atoms with Crippen molar-refractivity contribution in [2.75, 3.05) is 6.26 Å². The first-order chi connectivity index (χ1) is 9.20. The first-order valence-corrected chi connectivity index (χ1v) is 7.75. The maximum atomic E-state index is 11.2. The van der Waals surface area contributed by atoms with Gasteiger partial charge in [0.15, 0.2) is 10.6 Å². The maximum Gasteiger partial charge on any atom is 0.349 e. The molecule has 20 heavy (non-hydrogen) atoms. The Balaban J connectivity index is 2.83. The number of hydrogen-bond donors (Lipinski definition) is 2. The molecule has 2 N–H and O–H groups in total. The summed E-state index contributed by atoms with van der Waals surface area (Å²) in [4.78, 5) is 21.9. The third kappa shape index (κ3) is 2.58. The zero-order valence-electron chi connectivity index (χ0n) is 9.98. The molecule has 9 heteroatoms. The van der Waals surface area contributed by atoms with Gasteiger partial charge in [0.05, 0.1) is 16.5 Å². The van der Waals surface area contributed by atoms with E-state index in [1.807, 2.05) is 0 Å². The van der Waals surface area contributed by atoms with Crippen molar-refractivity contribution in [1.29, 1.82) is 0 Å². The minimum Gasteiger partial charge on any atom is -0.478 e. The molecule has 2 aromatic rings. The Morgan fingerprint density at radius 3 is 2.35 bits per heavy atom. The molecule has 0 saturated heterocycles. The molecule has 1 aromatic carbocycles. The molecule has 1 heterocycles. The molecule has 7 nitrogen and oxygen atoms in total. The van der Waals surface area contributed by atoms with Crippen molar-refractivity contribution in [3.8, 4) is 5.75 Å². The zero-order chi connectivity index (χ0) is 15.1. The number of aromatic carboxylic acids is 2. The smallest absolute Gasteiger partial charge is 0.349 e. The van der Waals surface area contributed by atoms with Gasteiger partial charge >= 0.3 is 22.1 Å². The van der Waals surface area contributed by atoms with E-state index in [1.54, 1.807) is 0 Å². The lowest BCUT2D eigenvalue weighted by Crippen LogP contribution is -2.08. The fourth-order valence-electron chi connectivity index (χ4n) is 1.64. The molecule has 0 amide bonds. The monoisotopic (exact) mass is 316 g/mol. The van der Waals surface area contributed by atoms with Crippen LogP contribution >= 0.6 is 11.3 Å². The number of rotatable bonds is 4. The van der Waals surface area contributed by atoms with E-state index >= 15 is 0 Å². The highest BCUT2D eigenvalue weighted by molar-refractivity contribution is 7.86. The Bertz CT molecular complexity index is 817. The number of carbonyl (C=O) groups is 2. The molecule has 1 aromatic heterocycles. The van der Waals surface area contributed by atoms with Crippen LogP contribution in [0.4, 0.5) is 0 Å². The molecule has 0 atom stereocenters. The lowest BCUT2D eigenvalue weighted by atomic mass is 10.1. The topological polar surface area (TPSA) is 118 Å². The summed E-state index contributed by atoms with van der Waals surface area (Å²) in [5, 5.41) is 18.3. The van der Waals surface area contributed by atoms with E-state index < -0.39 is 22.1 Å². The standard InChI is InChI=1S/C11H8O7S2/c1-20(16,17)18-7-5-3-2-4-6(10(12)13)8(5)19-9(7)11(14)15/h2-4H,1H3,(H,12,13)(H,14,15). The fraction of sp³-hybridized carbons (Fsp3) is 0.0909. The van der Waals surface area contributed by atoms with Crippen molar-refractivity contribution in [3.63, 3.8) is 0 Å². The summed E-state index contributed by atoms with van der Waals surface area (Å²) in [6, 6.07) is 4.10. The minimum atomic E-state index is -3.93. The van der Waals surface area contributed by atoms with Gasteiger partial charge in [0.25, 0.3) is 0 Å². The molecule has 0 saturated carbocycles. The predicted octanol–water partition coefficient (Wildman–Crippen LogP) is 1.64. The van der Waals surface area contributed by atoms with E-state index in [1.165, 1.54) is 18.2 Å². The summed E-state index contributed by atoms with van der Waals surface area (Å²) in [5.74, 6) is -2.98. The van der Waals surface area contributed by atoms with Crippen LogP contribution in [0.15, 0.2) is 18.2 Å². The van der Waals surface area contributed by atoms with Crippen LogP contribution < -0.4 is 4.18 Å². The van der Waals surface area contributed by atoms with E-state index in [0.29, 0.717) is 11.3 Å². The fourth-order valence-corrected chi connectivity index (χ4v) is 3.24. The molecule has 0 fully saturated rings.